The number of aromatic nitrogens is 4. The number of esters is 3. The molecule has 11 heteroatoms. The van der Waals surface area contributed by atoms with Crippen LogP contribution in [0.1, 0.15) is 25.8 Å². The fourth-order valence-electron chi connectivity index (χ4n) is 1.92. The van der Waals surface area contributed by atoms with Crippen LogP contribution in [0.5, 0.6) is 0 Å². The lowest BCUT2D eigenvalue weighted by Crippen LogP contribution is -2.37. The lowest BCUT2D eigenvalue weighted by atomic mass is 10.2. The van der Waals surface area contributed by atoms with Crippen LogP contribution in [-0.4, -0.2) is 50.9 Å². The number of halogens is 1. The SMILES string of the molecule is COC(=O)[C@@H](OC(C)=O)[C@@H](OC(C)=O)c1nnc2ccc(Cl)nn12. The Balaban J connectivity index is 2.56. The molecule has 0 bridgehead atoms. The van der Waals surface area contributed by atoms with Crippen LogP contribution in [0.25, 0.3) is 5.65 Å². The monoisotopic (exact) mass is 356 g/mol. The molecule has 0 saturated carbocycles. The van der Waals surface area contributed by atoms with E-state index in [0.717, 1.165) is 21.0 Å². The molecule has 0 aliphatic rings. The molecule has 0 spiro atoms. The van der Waals surface area contributed by atoms with Gasteiger partial charge in [0.2, 0.25) is 12.2 Å². The highest BCUT2D eigenvalue weighted by molar-refractivity contribution is 6.29. The third-order valence-corrected chi connectivity index (χ3v) is 3.00. The van der Waals surface area contributed by atoms with Crippen LogP contribution in [0.3, 0.4) is 0 Å². The number of hydrogen-bond donors (Lipinski definition) is 0. The summed E-state index contributed by atoms with van der Waals surface area (Å²) in [5.41, 5.74) is 0.290. The Hall–Kier alpha value is -2.75. The molecule has 0 aliphatic carbocycles. The zero-order chi connectivity index (χ0) is 17.9. The summed E-state index contributed by atoms with van der Waals surface area (Å²) in [4.78, 5) is 34.7. The molecule has 24 heavy (non-hydrogen) atoms. The van der Waals surface area contributed by atoms with E-state index in [9.17, 15) is 14.4 Å². The van der Waals surface area contributed by atoms with Crippen molar-refractivity contribution < 1.29 is 28.6 Å². The van der Waals surface area contributed by atoms with Crippen LogP contribution in [0, 0.1) is 0 Å². The predicted molar refractivity (Wildman–Crippen MR) is 77.9 cm³/mol. The van der Waals surface area contributed by atoms with Gasteiger partial charge in [-0.1, -0.05) is 11.6 Å². The van der Waals surface area contributed by atoms with Gasteiger partial charge in [-0.05, 0) is 12.1 Å². The van der Waals surface area contributed by atoms with Gasteiger partial charge in [-0.2, -0.15) is 9.61 Å². The lowest BCUT2D eigenvalue weighted by molar-refractivity contribution is -0.180. The molecule has 0 aliphatic heterocycles. The second kappa shape index (κ2) is 7.21. The van der Waals surface area contributed by atoms with Crippen LogP contribution in [0.4, 0.5) is 0 Å². The Morgan fingerprint density at radius 2 is 1.79 bits per heavy atom. The summed E-state index contributed by atoms with van der Waals surface area (Å²) in [6.45, 7) is 2.22. The summed E-state index contributed by atoms with van der Waals surface area (Å²) in [5.74, 6) is -2.50. The van der Waals surface area contributed by atoms with Crippen molar-refractivity contribution in [1.82, 2.24) is 19.8 Å². The first-order chi connectivity index (χ1) is 11.3. The third-order valence-electron chi connectivity index (χ3n) is 2.80. The molecule has 0 saturated heterocycles. The van der Waals surface area contributed by atoms with E-state index >= 15 is 0 Å². The van der Waals surface area contributed by atoms with Gasteiger partial charge in [-0.15, -0.1) is 10.2 Å². The van der Waals surface area contributed by atoms with Gasteiger partial charge in [0.05, 0.1) is 7.11 Å². The Kier molecular flexibility index (Phi) is 5.29. The molecule has 10 nitrogen and oxygen atoms in total. The Morgan fingerprint density at radius 3 is 2.38 bits per heavy atom. The number of carbonyl (C=O) groups excluding carboxylic acids is 3. The zero-order valence-corrected chi connectivity index (χ0v) is 13.7. The third kappa shape index (κ3) is 3.77. The van der Waals surface area contributed by atoms with E-state index < -0.39 is 30.1 Å². The average molecular weight is 357 g/mol. The summed E-state index contributed by atoms with van der Waals surface area (Å²) >= 11 is 5.84. The molecular formula is C13H13ClN4O6. The molecule has 0 fully saturated rings. The molecule has 0 amide bonds. The summed E-state index contributed by atoms with van der Waals surface area (Å²) in [6, 6.07) is 3.01. The van der Waals surface area contributed by atoms with Crippen LogP contribution in [0.2, 0.25) is 5.15 Å². The molecular weight excluding hydrogens is 344 g/mol. The molecule has 2 aromatic rings. The standard InChI is InChI=1S/C13H13ClN4O6/c1-6(19)23-10(11(13(21)22-3)24-7(2)20)12-16-15-9-5-4-8(14)17-18(9)12/h4-5,10-11H,1-3H3/t10-,11+/m1/s1. The largest absolute Gasteiger partial charge is 0.466 e. The van der Waals surface area contributed by atoms with Crippen LogP contribution >= 0.6 is 11.6 Å². The minimum atomic E-state index is -1.58. The highest BCUT2D eigenvalue weighted by atomic mass is 35.5. The van der Waals surface area contributed by atoms with Crippen LogP contribution in [0.15, 0.2) is 12.1 Å². The van der Waals surface area contributed by atoms with Crippen molar-refractivity contribution in [1.29, 1.82) is 0 Å². The highest BCUT2D eigenvalue weighted by Crippen LogP contribution is 2.24. The minimum Gasteiger partial charge on any atom is -0.466 e. The quantitative estimate of drug-likeness (QED) is 0.556. The summed E-state index contributed by atoms with van der Waals surface area (Å²) in [5, 5.41) is 11.8. The molecule has 2 atom stereocenters. The van der Waals surface area contributed by atoms with E-state index in [1.807, 2.05) is 0 Å². The Labute approximate surface area is 140 Å². The van der Waals surface area contributed by atoms with E-state index in [1.54, 1.807) is 0 Å². The van der Waals surface area contributed by atoms with Gasteiger partial charge in [0, 0.05) is 13.8 Å². The molecule has 2 rings (SSSR count). The molecule has 0 unspecified atom stereocenters. The van der Waals surface area contributed by atoms with Gasteiger partial charge in [0.25, 0.3) is 0 Å². The van der Waals surface area contributed by atoms with Gasteiger partial charge >= 0.3 is 17.9 Å². The smallest absolute Gasteiger partial charge is 0.351 e. The van der Waals surface area contributed by atoms with Crippen molar-refractivity contribution >= 4 is 35.2 Å². The van der Waals surface area contributed by atoms with Crippen molar-refractivity contribution in [2.75, 3.05) is 7.11 Å². The Bertz CT molecular complexity index is 792. The molecule has 2 heterocycles. The van der Waals surface area contributed by atoms with E-state index in [1.165, 1.54) is 16.6 Å². The van der Waals surface area contributed by atoms with Gasteiger partial charge in [-0.25, -0.2) is 4.79 Å². The van der Waals surface area contributed by atoms with E-state index in [-0.39, 0.29) is 16.6 Å². The summed E-state index contributed by atoms with van der Waals surface area (Å²) in [7, 11) is 1.10. The maximum Gasteiger partial charge on any atom is 0.351 e. The second-order valence-electron chi connectivity index (χ2n) is 4.57. The molecule has 2 aromatic heterocycles. The van der Waals surface area contributed by atoms with Crippen molar-refractivity contribution in [3.63, 3.8) is 0 Å². The highest BCUT2D eigenvalue weighted by Gasteiger charge is 2.39. The number of hydrogen-bond acceptors (Lipinski definition) is 9. The van der Waals surface area contributed by atoms with Gasteiger partial charge < -0.3 is 14.2 Å². The molecule has 0 aromatic carbocycles. The fraction of sp³-hybridized carbons (Fsp3) is 0.385. The number of nitrogens with zero attached hydrogens (tertiary/aromatic N) is 4. The molecule has 0 N–H and O–H groups in total. The minimum absolute atomic E-state index is 0.0562. The van der Waals surface area contributed by atoms with Crippen molar-refractivity contribution in [2.45, 2.75) is 26.1 Å². The number of ether oxygens (including phenoxy) is 3. The van der Waals surface area contributed by atoms with E-state index in [2.05, 4.69) is 20.0 Å². The maximum absolute atomic E-state index is 12.0. The van der Waals surface area contributed by atoms with Crippen molar-refractivity contribution in [3.05, 3.63) is 23.1 Å². The second-order valence-corrected chi connectivity index (χ2v) is 4.95. The zero-order valence-electron chi connectivity index (χ0n) is 12.9. The maximum atomic E-state index is 12.0. The van der Waals surface area contributed by atoms with E-state index in [4.69, 9.17) is 21.1 Å². The van der Waals surface area contributed by atoms with Crippen LogP contribution < -0.4 is 0 Å². The summed E-state index contributed by atoms with van der Waals surface area (Å²) in [6.07, 6.45) is -3.00. The lowest BCUT2D eigenvalue weighted by Gasteiger charge is -2.22. The normalized spacial score (nSPS) is 13.2. The number of carbonyl (C=O) groups is 3. The Morgan fingerprint density at radius 1 is 1.12 bits per heavy atom. The molecule has 128 valence electrons. The molecule has 0 radical (unpaired) electrons. The van der Waals surface area contributed by atoms with Crippen molar-refractivity contribution in [2.24, 2.45) is 0 Å². The topological polar surface area (TPSA) is 122 Å². The summed E-state index contributed by atoms with van der Waals surface area (Å²) < 4.78 is 15.8. The van der Waals surface area contributed by atoms with Gasteiger partial charge in [0.15, 0.2) is 11.5 Å². The number of methoxy groups -OCH3 is 1. The van der Waals surface area contributed by atoms with Crippen molar-refractivity contribution in [3.8, 4) is 0 Å². The van der Waals surface area contributed by atoms with Crippen LogP contribution in [-0.2, 0) is 28.6 Å². The van der Waals surface area contributed by atoms with E-state index in [0.29, 0.717) is 0 Å². The fourth-order valence-corrected chi connectivity index (χ4v) is 2.06. The first-order valence-corrected chi connectivity index (χ1v) is 7.01. The first kappa shape index (κ1) is 17.6. The van der Waals surface area contributed by atoms with Gasteiger partial charge in [0.1, 0.15) is 5.15 Å². The first-order valence-electron chi connectivity index (χ1n) is 6.63. The van der Waals surface area contributed by atoms with Gasteiger partial charge in [-0.3, -0.25) is 9.59 Å². The average Bonchev–Trinajstić information content (AvgIpc) is 2.92. The number of rotatable bonds is 5. The number of fused-ring (bicyclic) bond motifs is 1. The predicted octanol–water partition coefficient (Wildman–Crippen LogP) is 0.487.